The SMILES string of the molecule is CCCCCCCCCCCCCCCCCCCCCCCCC(=O)O[C@H](COC(=O)CCCCCCCCCCCCCCC)COP(=O)(O)OC[C@@H](O)COP(=O)(O)OC[C@@H](COC(=O)CCCCCCCCCCCC)OC(=O)CCCCCCCCC(C)CC. The maximum Gasteiger partial charge on any atom is 0.472 e. The lowest BCUT2D eigenvalue weighted by Gasteiger charge is -2.21. The van der Waals surface area contributed by atoms with Gasteiger partial charge in [-0.25, -0.2) is 9.13 Å². The van der Waals surface area contributed by atoms with Crippen molar-refractivity contribution < 1.29 is 80.2 Å². The van der Waals surface area contributed by atoms with Gasteiger partial charge in [-0.3, -0.25) is 37.3 Å². The Morgan fingerprint density at radius 3 is 0.747 bits per heavy atom. The van der Waals surface area contributed by atoms with Crippen LogP contribution in [0, 0.1) is 5.92 Å². The normalized spacial score (nSPS) is 14.2. The van der Waals surface area contributed by atoms with E-state index in [9.17, 15) is 43.2 Å². The zero-order valence-corrected chi connectivity index (χ0v) is 63.6. The molecule has 17 nitrogen and oxygen atoms in total. The van der Waals surface area contributed by atoms with E-state index in [0.717, 1.165) is 95.8 Å². The number of rotatable bonds is 76. The van der Waals surface area contributed by atoms with Crippen LogP contribution in [0.15, 0.2) is 0 Å². The molecule has 95 heavy (non-hydrogen) atoms. The van der Waals surface area contributed by atoms with Gasteiger partial charge in [-0.15, -0.1) is 0 Å². The van der Waals surface area contributed by atoms with E-state index in [1.54, 1.807) is 0 Å². The van der Waals surface area contributed by atoms with Crippen molar-refractivity contribution >= 4 is 39.5 Å². The first-order chi connectivity index (χ1) is 46.1. The van der Waals surface area contributed by atoms with Crippen molar-refractivity contribution in [3.05, 3.63) is 0 Å². The summed E-state index contributed by atoms with van der Waals surface area (Å²) in [6.07, 6.45) is 58.4. The maximum absolute atomic E-state index is 13.1. The first kappa shape index (κ1) is 93.1. The van der Waals surface area contributed by atoms with Crippen LogP contribution >= 0.6 is 15.6 Å². The van der Waals surface area contributed by atoms with Crippen molar-refractivity contribution in [2.45, 2.75) is 419 Å². The molecule has 0 aromatic heterocycles. The average Bonchev–Trinajstić information content (AvgIpc) is 1.55. The van der Waals surface area contributed by atoms with Crippen LogP contribution in [0.4, 0.5) is 0 Å². The molecule has 0 spiro atoms. The summed E-state index contributed by atoms with van der Waals surface area (Å²) in [4.78, 5) is 72.7. The lowest BCUT2D eigenvalue weighted by molar-refractivity contribution is -0.161. The monoisotopic (exact) mass is 1400 g/mol. The second kappa shape index (κ2) is 69.2. The largest absolute Gasteiger partial charge is 0.472 e. The van der Waals surface area contributed by atoms with Gasteiger partial charge in [-0.05, 0) is 31.6 Å². The molecule has 0 bridgehead atoms. The fourth-order valence-corrected chi connectivity index (χ4v) is 13.3. The average molecular weight is 1400 g/mol. The van der Waals surface area contributed by atoms with E-state index >= 15 is 0 Å². The number of phosphoric acid groups is 2. The van der Waals surface area contributed by atoms with E-state index in [0.29, 0.717) is 25.7 Å². The van der Waals surface area contributed by atoms with Crippen molar-refractivity contribution in [1.29, 1.82) is 0 Å². The minimum absolute atomic E-state index is 0.104. The van der Waals surface area contributed by atoms with Crippen LogP contribution in [-0.4, -0.2) is 96.7 Å². The van der Waals surface area contributed by atoms with Crippen LogP contribution in [0.5, 0.6) is 0 Å². The van der Waals surface area contributed by atoms with Crippen LogP contribution in [-0.2, 0) is 65.4 Å². The highest BCUT2D eigenvalue weighted by atomic mass is 31.2. The molecular formula is C76H148O17P2. The molecule has 0 saturated heterocycles. The van der Waals surface area contributed by atoms with Crippen LogP contribution in [0.1, 0.15) is 401 Å². The number of aliphatic hydroxyl groups is 1. The molecular weight excluding hydrogens is 1250 g/mol. The van der Waals surface area contributed by atoms with Gasteiger partial charge >= 0.3 is 39.5 Å². The number of unbranched alkanes of at least 4 members (excludes halogenated alkanes) is 47. The summed E-state index contributed by atoms with van der Waals surface area (Å²) < 4.78 is 68.4. The molecule has 0 heterocycles. The standard InChI is InChI=1S/C76H148O17P2/c1-6-10-13-16-19-22-25-27-28-29-30-31-32-33-34-35-37-39-42-45-51-56-61-75(80)92-71(65-86-74(79)60-55-50-44-41-38-36-26-23-20-17-14-11-7-2)67-90-94(82,83)88-63-70(77)64-89-95(84,85)91-68-72(93-76(81)62-57-52-47-46-48-53-58-69(5)9-4)66-87-73(78)59-54-49-43-40-24-21-18-15-12-8-3/h69-72,77H,6-68H2,1-5H3,(H,82,83)(H,84,85)/t69?,70-,71-,72-/m1/s1. The van der Waals surface area contributed by atoms with Crippen LogP contribution < -0.4 is 0 Å². The first-order valence-electron chi connectivity index (χ1n) is 39.7. The van der Waals surface area contributed by atoms with Crippen LogP contribution in [0.3, 0.4) is 0 Å². The number of esters is 4. The van der Waals surface area contributed by atoms with Gasteiger partial charge in [-0.2, -0.15) is 0 Å². The van der Waals surface area contributed by atoms with Crippen LogP contribution in [0.2, 0.25) is 0 Å². The second-order valence-electron chi connectivity index (χ2n) is 27.6. The summed E-state index contributed by atoms with van der Waals surface area (Å²) >= 11 is 0. The van der Waals surface area contributed by atoms with E-state index in [-0.39, 0.29) is 25.7 Å². The lowest BCUT2D eigenvalue weighted by Crippen LogP contribution is -2.30. The Kier molecular flexibility index (Phi) is 67.7. The van der Waals surface area contributed by atoms with Gasteiger partial charge in [0.15, 0.2) is 12.2 Å². The molecule has 3 N–H and O–H groups in total. The third-order valence-electron chi connectivity index (χ3n) is 18.1. The summed E-state index contributed by atoms with van der Waals surface area (Å²) in [7, 11) is -9.91. The number of phosphoric ester groups is 2. The number of carbonyl (C=O) groups excluding carboxylic acids is 4. The maximum atomic E-state index is 13.1. The Bertz CT molecular complexity index is 1820. The quantitative estimate of drug-likeness (QED) is 0.0222. The van der Waals surface area contributed by atoms with E-state index in [4.69, 9.17) is 37.0 Å². The Morgan fingerprint density at radius 2 is 0.505 bits per heavy atom. The Balaban J connectivity index is 5.17. The summed E-state index contributed by atoms with van der Waals surface area (Å²) in [5.41, 5.74) is 0. The van der Waals surface area contributed by atoms with Crippen molar-refractivity contribution in [2.24, 2.45) is 5.92 Å². The highest BCUT2D eigenvalue weighted by Crippen LogP contribution is 2.45. The third kappa shape index (κ3) is 69.0. The van der Waals surface area contributed by atoms with Gasteiger partial charge < -0.3 is 33.8 Å². The smallest absolute Gasteiger partial charge is 0.462 e. The summed E-state index contributed by atoms with van der Waals surface area (Å²) in [5.74, 6) is -1.40. The third-order valence-corrected chi connectivity index (χ3v) is 20.0. The Morgan fingerprint density at radius 1 is 0.295 bits per heavy atom. The zero-order chi connectivity index (χ0) is 69.8. The molecule has 3 unspecified atom stereocenters. The number of carbonyl (C=O) groups is 4. The van der Waals surface area contributed by atoms with E-state index in [1.807, 2.05) is 0 Å². The molecule has 0 aromatic carbocycles. The van der Waals surface area contributed by atoms with Crippen molar-refractivity contribution in [2.75, 3.05) is 39.6 Å². The fourth-order valence-electron chi connectivity index (χ4n) is 11.7. The topological polar surface area (TPSA) is 237 Å². The van der Waals surface area contributed by atoms with Crippen LogP contribution in [0.25, 0.3) is 0 Å². The first-order valence-corrected chi connectivity index (χ1v) is 42.7. The van der Waals surface area contributed by atoms with Crippen molar-refractivity contribution in [1.82, 2.24) is 0 Å². The van der Waals surface area contributed by atoms with E-state index < -0.39 is 97.5 Å². The number of ether oxygens (including phenoxy) is 4. The zero-order valence-electron chi connectivity index (χ0n) is 61.8. The number of aliphatic hydroxyl groups excluding tert-OH is 1. The van der Waals surface area contributed by atoms with Gasteiger partial charge in [0.1, 0.15) is 19.3 Å². The molecule has 0 fully saturated rings. The van der Waals surface area contributed by atoms with Gasteiger partial charge in [0.05, 0.1) is 26.4 Å². The molecule has 0 rings (SSSR count). The minimum Gasteiger partial charge on any atom is -0.462 e. The fraction of sp³-hybridized carbons (Fsp3) is 0.947. The summed E-state index contributed by atoms with van der Waals surface area (Å²) in [6, 6.07) is 0. The highest BCUT2D eigenvalue weighted by Gasteiger charge is 2.30. The molecule has 0 aromatic rings. The Labute approximate surface area is 581 Å². The summed E-state index contributed by atoms with van der Waals surface area (Å²) in [5, 5.41) is 10.6. The minimum atomic E-state index is -4.96. The van der Waals surface area contributed by atoms with E-state index in [2.05, 4.69) is 34.6 Å². The molecule has 0 saturated carbocycles. The molecule has 0 amide bonds. The van der Waals surface area contributed by atoms with Crippen molar-refractivity contribution in [3.63, 3.8) is 0 Å². The van der Waals surface area contributed by atoms with Crippen molar-refractivity contribution in [3.8, 4) is 0 Å². The number of hydrogen-bond donors (Lipinski definition) is 3. The predicted molar refractivity (Wildman–Crippen MR) is 386 cm³/mol. The molecule has 6 atom stereocenters. The van der Waals surface area contributed by atoms with E-state index in [1.165, 1.54) is 225 Å². The molecule has 0 aliphatic rings. The second-order valence-corrected chi connectivity index (χ2v) is 30.5. The molecule has 0 aliphatic carbocycles. The van der Waals surface area contributed by atoms with Gasteiger partial charge in [0.25, 0.3) is 0 Å². The number of hydrogen-bond acceptors (Lipinski definition) is 15. The Hall–Kier alpha value is -1.94. The van der Waals surface area contributed by atoms with Gasteiger partial charge in [0.2, 0.25) is 0 Å². The molecule has 564 valence electrons. The molecule has 0 radical (unpaired) electrons. The van der Waals surface area contributed by atoms with Gasteiger partial charge in [0, 0.05) is 25.7 Å². The predicted octanol–water partition coefficient (Wildman–Crippen LogP) is 22.5. The van der Waals surface area contributed by atoms with Gasteiger partial charge in [-0.1, -0.05) is 349 Å². The molecule has 19 heteroatoms. The molecule has 0 aliphatic heterocycles. The highest BCUT2D eigenvalue weighted by molar-refractivity contribution is 7.47. The summed E-state index contributed by atoms with van der Waals surface area (Å²) in [6.45, 7) is 7.23. The lowest BCUT2D eigenvalue weighted by atomic mass is 10.00.